The van der Waals surface area contributed by atoms with Crippen molar-refractivity contribution < 1.29 is 22.7 Å². The standard InChI is InChI=1S/C19H23N3O5S2/c1-3-27-15-4-6-16(7-5-15)29(25,26)22-12-10-21(11-13-22)19(24)17-8-9-18(28-17)20-14(2)23/h4-9H,3,10-13H2,1-2H3,(H,20,23). The molecule has 0 bridgehead atoms. The Labute approximate surface area is 174 Å². The molecule has 0 unspecified atom stereocenters. The van der Waals surface area contributed by atoms with Crippen LogP contribution in [0.15, 0.2) is 41.3 Å². The van der Waals surface area contributed by atoms with Gasteiger partial charge in [-0.1, -0.05) is 0 Å². The van der Waals surface area contributed by atoms with E-state index < -0.39 is 10.0 Å². The molecule has 0 radical (unpaired) electrons. The number of benzene rings is 1. The lowest BCUT2D eigenvalue weighted by atomic mass is 10.3. The number of sulfonamides is 1. The number of ether oxygens (including phenoxy) is 1. The molecule has 0 saturated carbocycles. The predicted octanol–water partition coefficient (Wildman–Crippen LogP) is 2.25. The van der Waals surface area contributed by atoms with Crippen LogP contribution in [0, 0.1) is 0 Å². The third kappa shape index (κ3) is 4.95. The van der Waals surface area contributed by atoms with Gasteiger partial charge in [-0.05, 0) is 43.3 Å². The molecule has 1 saturated heterocycles. The van der Waals surface area contributed by atoms with Gasteiger partial charge in [0.05, 0.1) is 21.4 Å². The first-order valence-corrected chi connectivity index (χ1v) is 11.5. The highest BCUT2D eigenvalue weighted by Gasteiger charge is 2.30. The summed E-state index contributed by atoms with van der Waals surface area (Å²) < 4.78 is 32.4. The number of nitrogens with zero attached hydrogens (tertiary/aromatic N) is 2. The molecule has 0 spiro atoms. The Balaban J connectivity index is 1.62. The van der Waals surface area contributed by atoms with Crippen LogP contribution in [0.3, 0.4) is 0 Å². The van der Waals surface area contributed by atoms with Crippen LogP contribution in [-0.4, -0.2) is 62.2 Å². The highest BCUT2D eigenvalue weighted by Crippen LogP contribution is 2.25. The van der Waals surface area contributed by atoms with Crippen molar-refractivity contribution in [1.82, 2.24) is 9.21 Å². The molecular weight excluding hydrogens is 414 g/mol. The third-order valence-corrected chi connectivity index (χ3v) is 7.32. The van der Waals surface area contributed by atoms with Crippen LogP contribution in [-0.2, 0) is 14.8 Å². The summed E-state index contributed by atoms with van der Waals surface area (Å²) in [4.78, 5) is 26.1. The van der Waals surface area contributed by atoms with Gasteiger partial charge in [0, 0.05) is 33.1 Å². The number of thiophene rings is 1. The molecule has 1 aromatic carbocycles. The Kier molecular flexibility index (Phi) is 6.56. The van der Waals surface area contributed by atoms with Crippen molar-refractivity contribution in [3.8, 4) is 5.75 Å². The van der Waals surface area contributed by atoms with Crippen molar-refractivity contribution in [2.24, 2.45) is 0 Å². The largest absolute Gasteiger partial charge is 0.494 e. The second-order valence-corrected chi connectivity index (χ2v) is 9.47. The number of hydrogen-bond donors (Lipinski definition) is 1. The Morgan fingerprint density at radius 1 is 1.07 bits per heavy atom. The van der Waals surface area contributed by atoms with Gasteiger partial charge in [-0.25, -0.2) is 8.42 Å². The summed E-state index contributed by atoms with van der Waals surface area (Å²) in [6.07, 6.45) is 0. The lowest BCUT2D eigenvalue weighted by Crippen LogP contribution is -2.50. The molecular formula is C19H23N3O5S2. The van der Waals surface area contributed by atoms with E-state index in [0.717, 1.165) is 0 Å². The van der Waals surface area contributed by atoms with Crippen LogP contribution in [0.25, 0.3) is 0 Å². The van der Waals surface area contributed by atoms with E-state index in [2.05, 4.69) is 5.32 Å². The fourth-order valence-electron chi connectivity index (χ4n) is 3.00. The summed E-state index contributed by atoms with van der Waals surface area (Å²) >= 11 is 1.20. The lowest BCUT2D eigenvalue weighted by Gasteiger charge is -2.33. The zero-order valence-electron chi connectivity index (χ0n) is 16.3. The van der Waals surface area contributed by atoms with E-state index in [-0.39, 0.29) is 29.8 Å². The number of carbonyl (C=O) groups is 2. The smallest absolute Gasteiger partial charge is 0.264 e. The Morgan fingerprint density at radius 3 is 2.31 bits per heavy atom. The van der Waals surface area contributed by atoms with Crippen LogP contribution in [0.4, 0.5) is 5.00 Å². The summed E-state index contributed by atoms with van der Waals surface area (Å²) in [5.74, 6) is 0.264. The molecule has 1 aliphatic rings. The average molecular weight is 438 g/mol. The van der Waals surface area contributed by atoms with Gasteiger partial charge >= 0.3 is 0 Å². The van der Waals surface area contributed by atoms with E-state index >= 15 is 0 Å². The lowest BCUT2D eigenvalue weighted by molar-refractivity contribution is -0.114. The maximum atomic E-state index is 12.9. The van der Waals surface area contributed by atoms with Gasteiger partial charge in [-0.15, -0.1) is 11.3 Å². The zero-order chi connectivity index (χ0) is 21.0. The molecule has 0 atom stereocenters. The zero-order valence-corrected chi connectivity index (χ0v) is 17.9. The Hall–Kier alpha value is -2.43. The van der Waals surface area contributed by atoms with Crippen LogP contribution in [0.2, 0.25) is 0 Å². The van der Waals surface area contributed by atoms with Gasteiger partial charge in [0.2, 0.25) is 15.9 Å². The van der Waals surface area contributed by atoms with Crippen molar-refractivity contribution in [2.75, 3.05) is 38.1 Å². The second kappa shape index (κ2) is 8.93. The molecule has 10 heteroatoms. The van der Waals surface area contributed by atoms with Crippen molar-refractivity contribution in [2.45, 2.75) is 18.7 Å². The van der Waals surface area contributed by atoms with Crippen molar-refractivity contribution in [1.29, 1.82) is 0 Å². The number of rotatable bonds is 6. The minimum Gasteiger partial charge on any atom is -0.494 e. The van der Waals surface area contributed by atoms with E-state index in [4.69, 9.17) is 4.74 Å². The van der Waals surface area contributed by atoms with Crippen molar-refractivity contribution in [3.05, 3.63) is 41.3 Å². The molecule has 1 aromatic heterocycles. The topological polar surface area (TPSA) is 96.0 Å². The summed E-state index contributed by atoms with van der Waals surface area (Å²) in [6, 6.07) is 9.70. The summed E-state index contributed by atoms with van der Waals surface area (Å²) in [7, 11) is -3.62. The van der Waals surface area contributed by atoms with Crippen LogP contribution in [0.1, 0.15) is 23.5 Å². The average Bonchev–Trinajstić information content (AvgIpc) is 3.16. The molecule has 1 N–H and O–H groups in total. The first-order valence-electron chi connectivity index (χ1n) is 9.21. The number of carbonyl (C=O) groups excluding carboxylic acids is 2. The fraction of sp³-hybridized carbons (Fsp3) is 0.368. The second-order valence-electron chi connectivity index (χ2n) is 6.45. The van der Waals surface area contributed by atoms with E-state index in [9.17, 15) is 18.0 Å². The Bertz CT molecular complexity index is 978. The van der Waals surface area contributed by atoms with Gasteiger partial charge < -0.3 is 15.0 Å². The summed E-state index contributed by atoms with van der Waals surface area (Å²) in [5, 5.41) is 3.26. The van der Waals surface area contributed by atoms with E-state index in [1.807, 2.05) is 6.92 Å². The summed E-state index contributed by atoms with van der Waals surface area (Å²) in [6.45, 7) is 4.85. The number of piperazine rings is 1. The van der Waals surface area contributed by atoms with Crippen LogP contribution >= 0.6 is 11.3 Å². The van der Waals surface area contributed by atoms with Crippen molar-refractivity contribution >= 4 is 38.2 Å². The van der Waals surface area contributed by atoms with Crippen molar-refractivity contribution in [3.63, 3.8) is 0 Å². The monoisotopic (exact) mass is 437 g/mol. The van der Waals surface area contributed by atoms with Gasteiger partial charge in [0.25, 0.3) is 5.91 Å². The molecule has 2 aromatic rings. The molecule has 2 heterocycles. The molecule has 8 nitrogen and oxygen atoms in total. The van der Waals surface area contributed by atoms with E-state index in [1.165, 1.54) is 34.7 Å². The third-order valence-electron chi connectivity index (χ3n) is 4.41. The fourth-order valence-corrected chi connectivity index (χ4v) is 5.35. The first kappa shape index (κ1) is 21.3. The summed E-state index contributed by atoms with van der Waals surface area (Å²) in [5.41, 5.74) is 0. The highest BCUT2D eigenvalue weighted by molar-refractivity contribution is 7.89. The van der Waals surface area contributed by atoms with E-state index in [0.29, 0.717) is 35.3 Å². The van der Waals surface area contributed by atoms with Gasteiger partial charge in [-0.3, -0.25) is 9.59 Å². The quantitative estimate of drug-likeness (QED) is 0.748. The minimum absolute atomic E-state index is 0.162. The van der Waals surface area contributed by atoms with Crippen LogP contribution < -0.4 is 10.1 Å². The van der Waals surface area contributed by atoms with Gasteiger partial charge in [0.1, 0.15) is 5.75 Å². The molecule has 2 amide bonds. The molecule has 1 aliphatic heterocycles. The maximum Gasteiger partial charge on any atom is 0.264 e. The van der Waals surface area contributed by atoms with E-state index in [1.54, 1.807) is 29.2 Å². The highest BCUT2D eigenvalue weighted by atomic mass is 32.2. The van der Waals surface area contributed by atoms with Gasteiger partial charge in [-0.2, -0.15) is 4.31 Å². The number of amides is 2. The predicted molar refractivity (Wildman–Crippen MR) is 111 cm³/mol. The number of nitrogens with one attached hydrogen (secondary N) is 1. The SMILES string of the molecule is CCOc1ccc(S(=O)(=O)N2CCN(C(=O)c3ccc(NC(C)=O)s3)CC2)cc1. The molecule has 0 aliphatic carbocycles. The molecule has 156 valence electrons. The number of hydrogen-bond acceptors (Lipinski definition) is 6. The molecule has 3 rings (SSSR count). The van der Waals surface area contributed by atoms with Crippen LogP contribution in [0.5, 0.6) is 5.75 Å². The number of anilines is 1. The normalized spacial score (nSPS) is 15.2. The van der Waals surface area contributed by atoms with Gasteiger partial charge in [0.15, 0.2) is 0 Å². The molecule has 1 fully saturated rings. The Morgan fingerprint density at radius 2 is 1.72 bits per heavy atom. The minimum atomic E-state index is -3.62. The maximum absolute atomic E-state index is 12.9. The molecule has 29 heavy (non-hydrogen) atoms. The first-order chi connectivity index (χ1) is 13.8.